The second-order valence-electron chi connectivity index (χ2n) is 3.65. The van der Waals surface area contributed by atoms with Crippen molar-refractivity contribution in [2.24, 2.45) is 0 Å². The summed E-state index contributed by atoms with van der Waals surface area (Å²) in [7, 11) is 0. The Bertz CT molecular complexity index is 96.1. The molecular weight excluding hydrogens is 178 g/mol. The van der Waals surface area contributed by atoms with Crippen LogP contribution >= 0.6 is 11.8 Å². The lowest BCUT2D eigenvalue weighted by Crippen LogP contribution is -2.19. The minimum Gasteiger partial charge on any atom is -0.317 e. The maximum absolute atomic E-state index is 3.50. The Kier molecular flexibility index (Phi) is 10.6. The van der Waals surface area contributed by atoms with Gasteiger partial charge < -0.3 is 5.32 Å². The Hall–Kier alpha value is 0.310. The number of unbranched alkanes of at least 4 members (excludes halogenated alkanes) is 3. The minimum absolute atomic E-state index is 0.808. The van der Waals surface area contributed by atoms with E-state index in [2.05, 4.69) is 25.4 Å². The van der Waals surface area contributed by atoms with E-state index in [1.165, 1.54) is 45.2 Å². The van der Waals surface area contributed by atoms with Crippen LogP contribution in [-0.4, -0.2) is 24.6 Å². The molecule has 0 aromatic heterocycles. The average Bonchev–Trinajstić information content (AvgIpc) is 2.16. The van der Waals surface area contributed by atoms with Gasteiger partial charge in [-0.05, 0) is 32.2 Å². The molecule has 0 aliphatic carbocycles. The van der Waals surface area contributed by atoms with E-state index in [-0.39, 0.29) is 0 Å². The molecule has 0 aliphatic heterocycles. The summed E-state index contributed by atoms with van der Waals surface area (Å²) in [6, 6.07) is 0. The van der Waals surface area contributed by atoms with Gasteiger partial charge in [-0.25, -0.2) is 0 Å². The van der Waals surface area contributed by atoms with E-state index in [4.69, 9.17) is 0 Å². The summed E-state index contributed by atoms with van der Waals surface area (Å²) in [6.45, 7) is 6.95. The van der Waals surface area contributed by atoms with Crippen LogP contribution in [0.1, 0.15) is 46.0 Å². The molecule has 1 N–H and O–H groups in total. The number of nitrogens with one attached hydrogen (secondary N) is 1. The highest BCUT2D eigenvalue weighted by Crippen LogP contribution is 2.07. The maximum atomic E-state index is 3.50. The second kappa shape index (κ2) is 10.4. The molecule has 13 heavy (non-hydrogen) atoms. The van der Waals surface area contributed by atoms with Crippen LogP contribution in [0.5, 0.6) is 0 Å². The first-order valence-electron chi connectivity index (χ1n) is 5.54. The lowest BCUT2D eigenvalue weighted by molar-refractivity contribution is 0.585. The monoisotopic (exact) mass is 203 g/mol. The highest BCUT2D eigenvalue weighted by molar-refractivity contribution is 7.99. The fourth-order valence-electron chi connectivity index (χ4n) is 1.22. The third-order valence-corrected chi connectivity index (χ3v) is 3.38. The summed E-state index contributed by atoms with van der Waals surface area (Å²) < 4.78 is 0. The van der Waals surface area contributed by atoms with Gasteiger partial charge in [0.25, 0.3) is 0 Å². The highest BCUT2D eigenvalue weighted by Gasteiger charge is 1.97. The second-order valence-corrected chi connectivity index (χ2v) is 4.92. The average molecular weight is 203 g/mol. The first-order valence-corrected chi connectivity index (χ1v) is 6.83. The van der Waals surface area contributed by atoms with Crippen LogP contribution < -0.4 is 5.32 Å². The molecule has 1 atom stereocenters. The zero-order valence-corrected chi connectivity index (χ0v) is 10.3. The molecule has 0 amide bonds. The van der Waals surface area contributed by atoms with Gasteiger partial charge in [0.2, 0.25) is 0 Å². The number of hydrogen-bond donors (Lipinski definition) is 1. The molecule has 0 fully saturated rings. The van der Waals surface area contributed by atoms with Crippen molar-refractivity contribution < 1.29 is 0 Å². The van der Waals surface area contributed by atoms with Crippen molar-refractivity contribution in [3.8, 4) is 0 Å². The Morgan fingerprint density at radius 3 is 2.54 bits per heavy atom. The topological polar surface area (TPSA) is 12.0 Å². The zero-order chi connectivity index (χ0) is 9.94. The Balaban J connectivity index is 2.91. The third kappa shape index (κ3) is 10.2. The lowest BCUT2D eigenvalue weighted by Gasteiger charge is -2.08. The number of hydrogen-bond acceptors (Lipinski definition) is 2. The van der Waals surface area contributed by atoms with Gasteiger partial charge in [-0.1, -0.05) is 33.1 Å². The number of thioether (sulfide) groups is 1. The van der Waals surface area contributed by atoms with Crippen LogP contribution in [0.3, 0.4) is 0 Å². The Morgan fingerprint density at radius 2 is 1.92 bits per heavy atom. The zero-order valence-electron chi connectivity index (χ0n) is 9.44. The van der Waals surface area contributed by atoms with Gasteiger partial charge in [-0.15, -0.1) is 0 Å². The fourth-order valence-corrected chi connectivity index (χ4v) is 1.58. The van der Waals surface area contributed by atoms with E-state index >= 15 is 0 Å². The van der Waals surface area contributed by atoms with Crippen LogP contribution in [0.4, 0.5) is 0 Å². The smallest absolute Gasteiger partial charge is 0.00280 e. The molecule has 0 spiro atoms. The first kappa shape index (κ1) is 13.3. The van der Waals surface area contributed by atoms with E-state index in [1.54, 1.807) is 0 Å². The molecule has 0 radical (unpaired) electrons. The summed E-state index contributed by atoms with van der Waals surface area (Å²) >= 11 is 1.96. The van der Waals surface area contributed by atoms with E-state index in [0.717, 1.165) is 5.25 Å². The normalized spacial score (nSPS) is 13.2. The molecule has 0 saturated heterocycles. The summed E-state index contributed by atoms with van der Waals surface area (Å²) in [5.41, 5.74) is 0. The molecule has 0 aliphatic rings. The molecule has 0 aromatic rings. The lowest BCUT2D eigenvalue weighted by atomic mass is 10.2. The molecule has 80 valence electrons. The van der Waals surface area contributed by atoms with Crippen molar-refractivity contribution in [3.63, 3.8) is 0 Å². The largest absolute Gasteiger partial charge is 0.317 e. The summed E-state index contributed by atoms with van der Waals surface area (Å²) in [4.78, 5) is 0. The summed E-state index contributed by atoms with van der Waals surface area (Å²) in [5.74, 6) is 0. The summed E-state index contributed by atoms with van der Waals surface area (Å²) in [6.07, 6.45) is 8.95. The molecule has 0 aromatic carbocycles. The molecule has 1 nitrogen and oxygen atoms in total. The predicted molar refractivity (Wildman–Crippen MR) is 64.6 cm³/mol. The van der Waals surface area contributed by atoms with Gasteiger partial charge in [0.1, 0.15) is 0 Å². The fraction of sp³-hybridized carbons (Fsp3) is 1.00. The van der Waals surface area contributed by atoms with Crippen molar-refractivity contribution >= 4 is 11.8 Å². The van der Waals surface area contributed by atoms with E-state index in [9.17, 15) is 0 Å². The highest BCUT2D eigenvalue weighted by atomic mass is 32.2. The van der Waals surface area contributed by atoms with Gasteiger partial charge in [0, 0.05) is 5.25 Å². The third-order valence-electron chi connectivity index (χ3n) is 2.34. The maximum Gasteiger partial charge on any atom is 0.00280 e. The summed E-state index contributed by atoms with van der Waals surface area (Å²) in [5, 5.41) is 4.30. The minimum atomic E-state index is 0.808. The molecular formula is C11H25NS. The van der Waals surface area contributed by atoms with E-state index in [0.29, 0.717) is 0 Å². The molecule has 2 heteroatoms. The van der Waals surface area contributed by atoms with E-state index < -0.39 is 0 Å². The molecule has 0 bridgehead atoms. The standard InChI is InChI=1S/C11H25NS/c1-4-5-6-7-9-12-10-8-11(2)13-3/h11-12H,4-10H2,1-3H3. The van der Waals surface area contributed by atoms with Crippen LogP contribution in [0, 0.1) is 0 Å². The molecule has 0 heterocycles. The Labute approximate surface area is 88.1 Å². The van der Waals surface area contributed by atoms with Gasteiger partial charge in [0.15, 0.2) is 0 Å². The number of rotatable bonds is 9. The van der Waals surface area contributed by atoms with E-state index in [1.807, 2.05) is 11.8 Å². The molecule has 0 saturated carbocycles. The van der Waals surface area contributed by atoms with Gasteiger partial charge in [-0.2, -0.15) is 11.8 Å². The quantitative estimate of drug-likeness (QED) is 0.577. The van der Waals surface area contributed by atoms with Gasteiger partial charge in [-0.3, -0.25) is 0 Å². The molecule has 1 unspecified atom stereocenters. The first-order chi connectivity index (χ1) is 6.31. The molecule has 0 rings (SSSR count). The van der Waals surface area contributed by atoms with Crippen molar-refractivity contribution in [2.45, 2.75) is 51.2 Å². The van der Waals surface area contributed by atoms with Gasteiger partial charge in [0.05, 0.1) is 0 Å². The van der Waals surface area contributed by atoms with Crippen molar-refractivity contribution in [1.82, 2.24) is 5.32 Å². The predicted octanol–water partition coefficient (Wildman–Crippen LogP) is 3.30. The van der Waals surface area contributed by atoms with Crippen LogP contribution in [0.2, 0.25) is 0 Å². The van der Waals surface area contributed by atoms with Crippen LogP contribution in [0.15, 0.2) is 0 Å². The van der Waals surface area contributed by atoms with Crippen molar-refractivity contribution in [3.05, 3.63) is 0 Å². The van der Waals surface area contributed by atoms with Gasteiger partial charge >= 0.3 is 0 Å². The SMILES string of the molecule is CCCCCCNCCC(C)SC. The van der Waals surface area contributed by atoms with Crippen molar-refractivity contribution in [1.29, 1.82) is 0 Å². The van der Waals surface area contributed by atoms with Crippen LogP contribution in [-0.2, 0) is 0 Å². The Morgan fingerprint density at radius 1 is 1.15 bits per heavy atom. The van der Waals surface area contributed by atoms with Crippen molar-refractivity contribution in [2.75, 3.05) is 19.3 Å². The van der Waals surface area contributed by atoms with Crippen LogP contribution in [0.25, 0.3) is 0 Å².